The Hall–Kier alpha value is -2.04. The minimum atomic E-state index is -0.145. The largest absolute Gasteiger partial charge is 0.342 e. The molecule has 3 N–H and O–H groups in total. The summed E-state index contributed by atoms with van der Waals surface area (Å²) in [5.41, 5.74) is 3.88. The van der Waals surface area contributed by atoms with Crippen molar-refractivity contribution in [1.29, 1.82) is 0 Å². The van der Waals surface area contributed by atoms with Gasteiger partial charge in [-0.2, -0.15) is 0 Å². The van der Waals surface area contributed by atoms with Crippen LogP contribution >= 0.6 is 0 Å². The predicted octanol–water partition coefficient (Wildman–Crippen LogP) is 4.84. The van der Waals surface area contributed by atoms with Crippen LogP contribution in [0.25, 0.3) is 11.0 Å². The molecule has 0 unspecified atom stereocenters. The summed E-state index contributed by atoms with van der Waals surface area (Å²) in [5.74, 6) is 1.66. The van der Waals surface area contributed by atoms with Gasteiger partial charge in [-0.25, -0.2) is 9.78 Å². The van der Waals surface area contributed by atoms with Crippen LogP contribution in [0.5, 0.6) is 0 Å². The van der Waals surface area contributed by atoms with E-state index in [4.69, 9.17) is 4.98 Å². The van der Waals surface area contributed by atoms with E-state index in [2.05, 4.69) is 28.6 Å². The van der Waals surface area contributed by atoms with Crippen molar-refractivity contribution in [3.05, 3.63) is 23.5 Å². The predicted molar refractivity (Wildman–Crippen MR) is 98.6 cm³/mol. The van der Waals surface area contributed by atoms with Gasteiger partial charge in [0.25, 0.3) is 0 Å². The quantitative estimate of drug-likeness (QED) is 0.687. The maximum absolute atomic E-state index is 12.0. The molecule has 5 nitrogen and oxygen atoms in total. The Kier molecular flexibility index (Phi) is 5.38. The molecule has 1 fully saturated rings. The van der Waals surface area contributed by atoms with Crippen molar-refractivity contribution >= 4 is 22.8 Å². The van der Waals surface area contributed by atoms with E-state index in [1.807, 2.05) is 13.0 Å². The van der Waals surface area contributed by atoms with Crippen LogP contribution in [0.3, 0.4) is 0 Å². The van der Waals surface area contributed by atoms with Crippen LogP contribution in [0.15, 0.2) is 12.1 Å². The molecule has 0 aliphatic heterocycles. The van der Waals surface area contributed by atoms with E-state index in [1.54, 1.807) is 0 Å². The molecule has 0 spiro atoms. The van der Waals surface area contributed by atoms with Gasteiger partial charge >= 0.3 is 6.03 Å². The van der Waals surface area contributed by atoms with E-state index in [0.29, 0.717) is 12.5 Å². The van der Waals surface area contributed by atoms with Crippen LogP contribution in [0.1, 0.15) is 69.2 Å². The number of aryl methyl sites for hydroxylation is 1. The van der Waals surface area contributed by atoms with Crippen LogP contribution in [-0.4, -0.2) is 22.5 Å². The zero-order valence-electron chi connectivity index (χ0n) is 14.7. The number of aromatic amines is 1. The number of imidazole rings is 1. The molecule has 1 aromatic heterocycles. The average Bonchev–Trinajstić information content (AvgIpc) is 2.99. The third kappa shape index (κ3) is 3.89. The number of nitrogens with one attached hydrogen (secondary N) is 3. The van der Waals surface area contributed by atoms with Gasteiger partial charge < -0.3 is 15.6 Å². The number of aromatic nitrogens is 2. The Bertz CT molecular complexity index is 701. The summed E-state index contributed by atoms with van der Waals surface area (Å²) in [6, 6.07) is 3.91. The number of benzene rings is 1. The highest BCUT2D eigenvalue weighted by molar-refractivity contribution is 5.93. The fourth-order valence-electron chi connectivity index (χ4n) is 3.43. The van der Waals surface area contributed by atoms with Crippen molar-refractivity contribution in [3.8, 4) is 0 Å². The molecule has 0 bridgehead atoms. The van der Waals surface area contributed by atoms with Crippen molar-refractivity contribution in [1.82, 2.24) is 15.3 Å². The fourth-order valence-corrected chi connectivity index (χ4v) is 3.43. The molecule has 1 aliphatic rings. The Morgan fingerprint density at radius 2 is 2.08 bits per heavy atom. The molecular formula is C19H28N4O. The smallest absolute Gasteiger partial charge is 0.319 e. The summed E-state index contributed by atoms with van der Waals surface area (Å²) in [4.78, 5) is 20.3. The number of unbranched alkanes of at least 4 members (excludes halogenated alkanes) is 1. The van der Waals surface area contributed by atoms with Gasteiger partial charge in [0.05, 0.1) is 11.0 Å². The molecule has 24 heavy (non-hydrogen) atoms. The number of fused-ring (bicyclic) bond motifs is 1. The van der Waals surface area contributed by atoms with Gasteiger partial charge in [-0.1, -0.05) is 32.6 Å². The average molecular weight is 328 g/mol. The maximum atomic E-state index is 12.0. The topological polar surface area (TPSA) is 69.8 Å². The highest BCUT2D eigenvalue weighted by Gasteiger charge is 2.19. The Morgan fingerprint density at radius 3 is 2.83 bits per heavy atom. The van der Waals surface area contributed by atoms with Gasteiger partial charge in [0, 0.05) is 18.2 Å². The van der Waals surface area contributed by atoms with Crippen LogP contribution in [0, 0.1) is 6.92 Å². The molecule has 0 saturated heterocycles. The van der Waals surface area contributed by atoms with Crippen molar-refractivity contribution in [2.75, 3.05) is 11.9 Å². The van der Waals surface area contributed by atoms with E-state index >= 15 is 0 Å². The first kappa shape index (κ1) is 16.8. The lowest BCUT2D eigenvalue weighted by Crippen LogP contribution is -2.29. The van der Waals surface area contributed by atoms with E-state index in [-0.39, 0.29) is 6.03 Å². The second-order valence-electron chi connectivity index (χ2n) is 6.88. The zero-order chi connectivity index (χ0) is 16.9. The van der Waals surface area contributed by atoms with Crippen LogP contribution < -0.4 is 10.6 Å². The van der Waals surface area contributed by atoms with Gasteiger partial charge in [0.1, 0.15) is 5.82 Å². The van der Waals surface area contributed by atoms with Gasteiger partial charge in [-0.3, -0.25) is 0 Å². The van der Waals surface area contributed by atoms with E-state index in [1.165, 1.54) is 32.1 Å². The molecule has 1 heterocycles. The molecule has 1 aliphatic carbocycles. The van der Waals surface area contributed by atoms with E-state index in [0.717, 1.165) is 41.0 Å². The van der Waals surface area contributed by atoms with Gasteiger partial charge in [-0.15, -0.1) is 0 Å². The zero-order valence-corrected chi connectivity index (χ0v) is 14.7. The lowest BCUT2D eigenvalue weighted by Gasteiger charge is -2.18. The third-order valence-electron chi connectivity index (χ3n) is 4.90. The molecule has 130 valence electrons. The van der Waals surface area contributed by atoms with Crippen molar-refractivity contribution in [2.45, 2.75) is 64.7 Å². The van der Waals surface area contributed by atoms with Crippen molar-refractivity contribution in [2.24, 2.45) is 0 Å². The molecule has 3 rings (SSSR count). The van der Waals surface area contributed by atoms with E-state index in [9.17, 15) is 4.79 Å². The van der Waals surface area contributed by atoms with Gasteiger partial charge in [0.2, 0.25) is 0 Å². The first-order chi connectivity index (χ1) is 11.7. The number of anilines is 1. The number of carbonyl (C=O) groups is 1. The number of hydrogen-bond donors (Lipinski definition) is 3. The highest BCUT2D eigenvalue weighted by Crippen LogP contribution is 2.32. The van der Waals surface area contributed by atoms with Crippen LogP contribution in [0.4, 0.5) is 10.5 Å². The lowest BCUT2D eigenvalue weighted by atomic mass is 9.89. The van der Waals surface area contributed by atoms with Gasteiger partial charge in [0.15, 0.2) is 0 Å². The third-order valence-corrected chi connectivity index (χ3v) is 4.90. The second kappa shape index (κ2) is 7.69. The van der Waals surface area contributed by atoms with Crippen molar-refractivity contribution in [3.63, 3.8) is 0 Å². The fraction of sp³-hybridized carbons (Fsp3) is 0.579. The molecule has 0 atom stereocenters. The van der Waals surface area contributed by atoms with Crippen LogP contribution in [-0.2, 0) is 0 Å². The summed E-state index contributed by atoms with van der Waals surface area (Å²) in [5, 5.41) is 5.83. The number of rotatable bonds is 5. The highest BCUT2D eigenvalue weighted by atomic mass is 16.2. The number of carbonyl (C=O) groups excluding carboxylic acids is 1. The Balaban J connectivity index is 1.75. The summed E-state index contributed by atoms with van der Waals surface area (Å²) >= 11 is 0. The monoisotopic (exact) mass is 328 g/mol. The molecule has 2 aromatic rings. The molecule has 5 heteroatoms. The van der Waals surface area contributed by atoms with E-state index < -0.39 is 0 Å². The molecular weight excluding hydrogens is 300 g/mol. The maximum Gasteiger partial charge on any atom is 0.319 e. The number of H-pyrrole nitrogens is 1. The summed E-state index contributed by atoms with van der Waals surface area (Å²) < 4.78 is 0. The number of nitrogens with zero attached hydrogens (tertiary/aromatic N) is 1. The lowest BCUT2D eigenvalue weighted by molar-refractivity contribution is 0.252. The molecule has 1 saturated carbocycles. The van der Waals surface area contributed by atoms with Crippen molar-refractivity contribution < 1.29 is 4.79 Å². The van der Waals surface area contributed by atoms with Crippen LogP contribution in [0.2, 0.25) is 0 Å². The number of urea groups is 1. The minimum absolute atomic E-state index is 0.145. The SMILES string of the molecule is CCCCNC(=O)Nc1cc2nc(C3CCCCC3)[nH]c2cc1C. The first-order valence-corrected chi connectivity index (χ1v) is 9.22. The molecule has 1 aromatic carbocycles. The normalized spacial score (nSPS) is 15.6. The summed E-state index contributed by atoms with van der Waals surface area (Å²) in [6.45, 7) is 4.83. The summed E-state index contributed by atoms with van der Waals surface area (Å²) in [6.07, 6.45) is 8.46. The Morgan fingerprint density at radius 1 is 1.29 bits per heavy atom. The molecule has 2 amide bonds. The number of amides is 2. The second-order valence-corrected chi connectivity index (χ2v) is 6.88. The molecule has 0 radical (unpaired) electrons. The minimum Gasteiger partial charge on any atom is -0.342 e. The number of hydrogen-bond acceptors (Lipinski definition) is 2. The first-order valence-electron chi connectivity index (χ1n) is 9.22. The standard InChI is InChI=1S/C19H28N4O/c1-3-4-10-20-19(24)23-15-12-17-16(11-13(15)2)21-18(22-17)14-8-6-5-7-9-14/h11-12,14H,3-10H2,1-2H3,(H,21,22)(H2,20,23,24). The summed E-state index contributed by atoms with van der Waals surface area (Å²) in [7, 11) is 0. The Labute approximate surface area is 143 Å². The van der Waals surface area contributed by atoms with Gasteiger partial charge in [-0.05, 0) is 43.9 Å².